The zero-order valence-corrected chi connectivity index (χ0v) is 9.16. The fourth-order valence-electron chi connectivity index (χ4n) is 3.07. The molecule has 3 aliphatic carbocycles. The molecule has 3 aliphatic rings. The van der Waals surface area contributed by atoms with E-state index in [1.165, 1.54) is 12.0 Å². The van der Waals surface area contributed by atoms with Crippen molar-refractivity contribution in [3.05, 3.63) is 18.0 Å². The van der Waals surface area contributed by atoms with Crippen LogP contribution < -0.4 is 5.73 Å². The minimum atomic E-state index is 0.406. The summed E-state index contributed by atoms with van der Waals surface area (Å²) >= 11 is 0. The van der Waals surface area contributed by atoms with Crippen LogP contribution in [0, 0.1) is 17.3 Å². The van der Waals surface area contributed by atoms with Crippen LogP contribution in [0.3, 0.4) is 0 Å². The van der Waals surface area contributed by atoms with Crippen molar-refractivity contribution in [1.29, 1.82) is 0 Å². The van der Waals surface area contributed by atoms with E-state index in [1.54, 1.807) is 6.20 Å². The molecule has 15 heavy (non-hydrogen) atoms. The molecule has 0 radical (unpaired) electrons. The third-order valence-corrected chi connectivity index (χ3v) is 4.33. The van der Waals surface area contributed by atoms with E-state index in [2.05, 4.69) is 25.1 Å². The highest BCUT2D eigenvalue weighted by atomic mass is 16.5. The topological polar surface area (TPSA) is 52.0 Å². The molecule has 0 spiro atoms. The van der Waals surface area contributed by atoms with Gasteiger partial charge in [-0.2, -0.15) is 0 Å². The molecule has 2 bridgehead atoms. The lowest BCUT2D eigenvalue weighted by Crippen LogP contribution is -2.47. The third kappa shape index (κ3) is 1.03. The van der Waals surface area contributed by atoms with Crippen molar-refractivity contribution in [2.24, 2.45) is 17.3 Å². The summed E-state index contributed by atoms with van der Waals surface area (Å²) in [6, 6.07) is 0. The van der Waals surface area contributed by atoms with Gasteiger partial charge in [-0.25, -0.2) is 0 Å². The van der Waals surface area contributed by atoms with Crippen LogP contribution in [0.1, 0.15) is 32.4 Å². The number of nitrogens with two attached hydrogens (primary N) is 1. The number of allylic oxidation sites excluding steroid dienone is 2. The van der Waals surface area contributed by atoms with Crippen LogP contribution in [0.2, 0.25) is 0 Å². The van der Waals surface area contributed by atoms with Crippen LogP contribution in [0.25, 0.3) is 5.57 Å². The van der Waals surface area contributed by atoms with Gasteiger partial charge in [0.2, 0.25) is 0 Å². The predicted octanol–water partition coefficient (Wildman–Crippen LogP) is 2.71. The van der Waals surface area contributed by atoms with Crippen molar-refractivity contribution in [2.45, 2.75) is 26.7 Å². The van der Waals surface area contributed by atoms with E-state index < -0.39 is 0 Å². The van der Waals surface area contributed by atoms with Gasteiger partial charge in [0.25, 0.3) is 0 Å². The van der Waals surface area contributed by atoms with Crippen molar-refractivity contribution >= 4 is 11.3 Å². The zero-order valence-electron chi connectivity index (χ0n) is 9.16. The minimum absolute atomic E-state index is 0.406. The Balaban J connectivity index is 2.02. The lowest BCUT2D eigenvalue weighted by atomic mass is 9.48. The Morgan fingerprint density at radius 1 is 1.53 bits per heavy atom. The molecule has 1 heterocycles. The van der Waals surface area contributed by atoms with Crippen LogP contribution >= 0.6 is 0 Å². The maximum absolute atomic E-state index is 5.84. The first-order valence-electron chi connectivity index (χ1n) is 5.51. The Morgan fingerprint density at radius 3 is 2.87 bits per heavy atom. The number of anilines is 1. The number of aromatic nitrogens is 1. The maximum Gasteiger partial charge on any atom is 0.185 e. The van der Waals surface area contributed by atoms with Crippen molar-refractivity contribution in [3.8, 4) is 0 Å². The first-order chi connectivity index (χ1) is 7.10. The molecular formula is C12H16N2O. The number of nitrogen functional groups attached to an aromatic ring is 1. The van der Waals surface area contributed by atoms with Gasteiger partial charge in [-0.1, -0.05) is 25.1 Å². The molecule has 0 saturated heterocycles. The van der Waals surface area contributed by atoms with Crippen LogP contribution in [0.5, 0.6) is 0 Å². The van der Waals surface area contributed by atoms with Gasteiger partial charge in [0.1, 0.15) is 0 Å². The number of hydrogen-bond donors (Lipinski definition) is 1. The Morgan fingerprint density at radius 2 is 2.33 bits per heavy atom. The van der Waals surface area contributed by atoms with Crippen molar-refractivity contribution in [3.63, 3.8) is 0 Å². The molecule has 0 aliphatic heterocycles. The van der Waals surface area contributed by atoms with Crippen LogP contribution in [0.15, 0.2) is 16.8 Å². The second-order valence-corrected chi connectivity index (χ2v) is 5.31. The predicted molar refractivity (Wildman–Crippen MR) is 58.9 cm³/mol. The van der Waals surface area contributed by atoms with E-state index in [0.717, 1.165) is 18.1 Å². The van der Waals surface area contributed by atoms with Gasteiger partial charge in [0.15, 0.2) is 5.76 Å². The molecule has 2 N–H and O–H groups in total. The van der Waals surface area contributed by atoms with Gasteiger partial charge < -0.3 is 10.3 Å². The first-order valence-corrected chi connectivity index (χ1v) is 5.51. The summed E-state index contributed by atoms with van der Waals surface area (Å²) in [5.74, 6) is 2.24. The van der Waals surface area contributed by atoms with Crippen molar-refractivity contribution < 1.29 is 4.52 Å². The number of fused-ring (bicyclic) bond motifs is 1. The molecule has 0 aromatic carbocycles. The first kappa shape index (κ1) is 9.01. The highest BCUT2D eigenvalue weighted by Gasteiger charge is 2.52. The normalized spacial score (nSPS) is 32.0. The molecule has 2 unspecified atom stereocenters. The van der Waals surface area contributed by atoms with Gasteiger partial charge in [-0.3, -0.25) is 0 Å². The molecule has 4 rings (SSSR count). The summed E-state index contributed by atoms with van der Waals surface area (Å²) in [6.45, 7) is 4.68. The van der Waals surface area contributed by atoms with E-state index in [0.29, 0.717) is 17.0 Å². The number of rotatable bonds is 1. The smallest absolute Gasteiger partial charge is 0.185 e. The van der Waals surface area contributed by atoms with Gasteiger partial charge in [0.05, 0.1) is 11.9 Å². The SMILES string of the molecule is CC1(C)C2CC=C(c3oncc3N)C1C2. The molecule has 1 aromatic heterocycles. The standard InChI is InChI=1S/C12H16N2O/c1-12(2)7-3-4-8(9(12)5-7)11-10(13)6-14-15-11/h4,6-7,9H,3,5,13H2,1-2H3. The van der Waals surface area contributed by atoms with Crippen LogP contribution in [-0.2, 0) is 0 Å². The number of hydrogen-bond acceptors (Lipinski definition) is 3. The quantitative estimate of drug-likeness (QED) is 0.765. The Labute approximate surface area is 89.3 Å². The lowest BCUT2D eigenvalue weighted by Gasteiger charge is -2.56. The van der Waals surface area contributed by atoms with Crippen LogP contribution in [-0.4, -0.2) is 5.16 Å². The molecule has 0 amide bonds. The fraction of sp³-hybridized carbons (Fsp3) is 0.583. The van der Waals surface area contributed by atoms with E-state index in [-0.39, 0.29) is 0 Å². The summed E-state index contributed by atoms with van der Waals surface area (Å²) < 4.78 is 5.25. The second-order valence-electron chi connectivity index (χ2n) is 5.31. The number of nitrogens with zero attached hydrogens (tertiary/aromatic N) is 1. The Hall–Kier alpha value is -1.25. The third-order valence-electron chi connectivity index (χ3n) is 4.33. The average Bonchev–Trinajstić information content (AvgIpc) is 2.64. The monoisotopic (exact) mass is 204 g/mol. The summed E-state index contributed by atoms with van der Waals surface area (Å²) in [6.07, 6.45) is 6.30. The van der Waals surface area contributed by atoms with Gasteiger partial charge >= 0.3 is 0 Å². The molecular weight excluding hydrogens is 188 g/mol. The highest BCUT2D eigenvalue weighted by molar-refractivity contribution is 5.74. The summed E-state index contributed by atoms with van der Waals surface area (Å²) in [4.78, 5) is 0. The van der Waals surface area contributed by atoms with Gasteiger partial charge in [-0.05, 0) is 35.7 Å². The molecule has 3 heteroatoms. The molecule has 1 saturated carbocycles. The van der Waals surface area contributed by atoms with E-state index >= 15 is 0 Å². The van der Waals surface area contributed by atoms with Crippen molar-refractivity contribution in [1.82, 2.24) is 5.16 Å². The van der Waals surface area contributed by atoms with E-state index in [1.807, 2.05) is 0 Å². The summed E-state index contributed by atoms with van der Waals surface area (Å²) in [7, 11) is 0. The average molecular weight is 204 g/mol. The van der Waals surface area contributed by atoms with E-state index in [9.17, 15) is 0 Å². The highest BCUT2D eigenvalue weighted by Crippen LogP contribution is 2.61. The van der Waals surface area contributed by atoms with Crippen LogP contribution in [0.4, 0.5) is 5.69 Å². The Bertz CT molecular complexity index is 431. The second kappa shape index (κ2) is 2.65. The summed E-state index contributed by atoms with van der Waals surface area (Å²) in [5.41, 5.74) is 8.19. The largest absolute Gasteiger partial charge is 0.394 e. The minimum Gasteiger partial charge on any atom is -0.394 e. The summed E-state index contributed by atoms with van der Waals surface area (Å²) in [5, 5.41) is 3.76. The molecule has 2 atom stereocenters. The van der Waals surface area contributed by atoms with E-state index in [4.69, 9.17) is 10.3 Å². The lowest BCUT2D eigenvalue weighted by molar-refractivity contribution is 0.00999. The maximum atomic E-state index is 5.84. The molecule has 1 aromatic rings. The van der Waals surface area contributed by atoms with Gasteiger partial charge in [-0.15, -0.1) is 0 Å². The Kier molecular flexibility index (Phi) is 1.59. The van der Waals surface area contributed by atoms with Gasteiger partial charge in [0, 0.05) is 0 Å². The molecule has 80 valence electrons. The zero-order chi connectivity index (χ0) is 10.6. The fourth-order valence-corrected chi connectivity index (χ4v) is 3.07. The molecule has 1 fully saturated rings. The molecule has 3 nitrogen and oxygen atoms in total. The van der Waals surface area contributed by atoms with Crippen molar-refractivity contribution in [2.75, 3.05) is 5.73 Å².